The van der Waals surface area contributed by atoms with Crippen LogP contribution < -0.4 is 5.14 Å². The number of ether oxygens (including phenoxy) is 1. The minimum absolute atomic E-state index is 0.161. The van der Waals surface area contributed by atoms with Gasteiger partial charge in [-0.1, -0.05) is 0 Å². The average Bonchev–Trinajstić information content (AvgIpc) is 2.69. The highest BCUT2D eigenvalue weighted by atomic mass is 32.2. The average molecular weight is 316 g/mol. The second-order valence-electron chi connectivity index (χ2n) is 6.57. The van der Waals surface area contributed by atoms with Crippen LogP contribution in [0.25, 0.3) is 0 Å². The van der Waals surface area contributed by atoms with Crippen molar-refractivity contribution in [3.8, 4) is 0 Å². The third-order valence-corrected chi connectivity index (χ3v) is 4.46. The molecular formula is C13H24N4O3S. The van der Waals surface area contributed by atoms with Crippen LogP contribution in [0.15, 0.2) is 5.16 Å². The van der Waals surface area contributed by atoms with Crippen molar-refractivity contribution in [3.63, 3.8) is 0 Å². The third-order valence-electron chi connectivity index (χ3n) is 3.69. The van der Waals surface area contributed by atoms with E-state index in [9.17, 15) is 8.42 Å². The van der Waals surface area contributed by atoms with Gasteiger partial charge in [-0.25, -0.2) is 13.6 Å². The first-order chi connectivity index (χ1) is 9.63. The van der Waals surface area contributed by atoms with Gasteiger partial charge in [0.15, 0.2) is 0 Å². The van der Waals surface area contributed by atoms with Gasteiger partial charge < -0.3 is 4.74 Å². The van der Waals surface area contributed by atoms with Crippen LogP contribution in [-0.4, -0.2) is 35.9 Å². The highest BCUT2D eigenvalue weighted by molar-refractivity contribution is 7.89. The zero-order chi connectivity index (χ0) is 15.8. The molecule has 0 unspecified atom stereocenters. The molecule has 1 fully saturated rings. The first kappa shape index (κ1) is 16.4. The minimum atomic E-state index is -3.88. The number of nitrogens with zero attached hydrogens (tertiary/aromatic N) is 3. The molecule has 1 aliphatic carbocycles. The summed E-state index contributed by atoms with van der Waals surface area (Å²) in [5, 5.41) is 12.9. The Hall–Kier alpha value is -0.990. The van der Waals surface area contributed by atoms with E-state index in [4.69, 9.17) is 9.88 Å². The van der Waals surface area contributed by atoms with Crippen molar-refractivity contribution in [2.24, 2.45) is 11.1 Å². The van der Waals surface area contributed by atoms with E-state index in [0.717, 1.165) is 19.4 Å². The molecule has 0 aliphatic heterocycles. The van der Waals surface area contributed by atoms with Crippen molar-refractivity contribution in [3.05, 3.63) is 5.82 Å². The normalized spacial score (nSPS) is 23.1. The second kappa shape index (κ2) is 5.66. The van der Waals surface area contributed by atoms with Crippen LogP contribution in [-0.2, 0) is 26.7 Å². The fourth-order valence-electron chi connectivity index (χ4n) is 2.76. The van der Waals surface area contributed by atoms with E-state index < -0.39 is 15.6 Å². The van der Waals surface area contributed by atoms with Crippen molar-refractivity contribution < 1.29 is 13.2 Å². The van der Waals surface area contributed by atoms with E-state index in [1.807, 2.05) is 27.7 Å². The Bertz CT molecular complexity index is 597. The predicted octanol–water partition coefficient (Wildman–Crippen LogP) is 1.04. The van der Waals surface area contributed by atoms with Gasteiger partial charge in [-0.05, 0) is 46.5 Å². The molecule has 0 aromatic carbocycles. The number of aromatic nitrogens is 3. The first-order valence-electron chi connectivity index (χ1n) is 7.22. The molecule has 1 aliphatic rings. The summed E-state index contributed by atoms with van der Waals surface area (Å²) in [5.41, 5.74) is -0.441. The number of sulfonamides is 1. The molecule has 0 spiro atoms. The molecule has 0 amide bonds. The standard InChI is InChI=1S/C13H24N4O3S/c1-5-20-10-6-9(7-10)8-11-15-16-12(21(14,18)19)17(11)13(2,3)4/h9-10H,5-8H2,1-4H3,(H2,14,18,19). The number of nitrogens with two attached hydrogens (primary N) is 1. The number of hydrogen-bond acceptors (Lipinski definition) is 5. The van der Waals surface area contributed by atoms with Crippen molar-refractivity contribution in [2.45, 2.75) is 63.8 Å². The summed E-state index contributed by atoms with van der Waals surface area (Å²) in [7, 11) is -3.88. The predicted molar refractivity (Wildman–Crippen MR) is 78.2 cm³/mol. The lowest BCUT2D eigenvalue weighted by Gasteiger charge is -2.35. The van der Waals surface area contributed by atoms with Crippen LogP contribution in [0.2, 0.25) is 0 Å². The molecule has 0 radical (unpaired) electrons. The highest BCUT2D eigenvalue weighted by Crippen LogP contribution is 2.33. The summed E-state index contributed by atoms with van der Waals surface area (Å²) in [5.74, 6) is 1.13. The van der Waals surface area contributed by atoms with Crippen LogP contribution in [0.1, 0.15) is 46.4 Å². The summed E-state index contributed by atoms with van der Waals surface area (Å²) in [6, 6.07) is 0. The summed E-state index contributed by atoms with van der Waals surface area (Å²) in [6.45, 7) is 8.46. The number of hydrogen-bond donors (Lipinski definition) is 1. The molecule has 0 bridgehead atoms. The largest absolute Gasteiger partial charge is 0.378 e. The quantitative estimate of drug-likeness (QED) is 0.874. The van der Waals surface area contributed by atoms with E-state index in [2.05, 4.69) is 10.2 Å². The maximum absolute atomic E-state index is 11.7. The van der Waals surface area contributed by atoms with Crippen LogP contribution >= 0.6 is 0 Å². The molecule has 1 aromatic heterocycles. The van der Waals surface area contributed by atoms with Gasteiger partial charge in [-0.3, -0.25) is 4.57 Å². The third kappa shape index (κ3) is 3.61. The number of rotatable bonds is 5. The van der Waals surface area contributed by atoms with Gasteiger partial charge in [0.1, 0.15) is 5.82 Å². The maximum atomic E-state index is 11.7. The van der Waals surface area contributed by atoms with Gasteiger partial charge in [-0.15, -0.1) is 10.2 Å². The Balaban J connectivity index is 2.20. The summed E-state index contributed by atoms with van der Waals surface area (Å²) in [4.78, 5) is 0. The zero-order valence-electron chi connectivity index (χ0n) is 13.0. The molecule has 0 saturated heterocycles. The molecule has 7 nitrogen and oxygen atoms in total. The van der Waals surface area contributed by atoms with Crippen molar-refractivity contribution in [2.75, 3.05) is 6.61 Å². The summed E-state index contributed by atoms with van der Waals surface area (Å²) >= 11 is 0. The smallest absolute Gasteiger partial charge is 0.273 e. The Morgan fingerprint density at radius 1 is 1.33 bits per heavy atom. The Morgan fingerprint density at radius 3 is 2.43 bits per heavy atom. The lowest BCUT2D eigenvalue weighted by molar-refractivity contribution is -0.0249. The van der Waals surface area contributed by atoms with Crippen LogP contribution in [0, 0.1) is 5.92 Å². The topological polar surface area (TPSA) is 100 Å². The lowest BCUT2D eigenvalue weighted by atomic mass is 9.80. The van der Waals surface area contributed by atoms with Crippen molar-refractivity contribution in [1.29, 1.82) is 0 Å². The van der Waals surface area contributed by atoms with Gasteiger partial charge in [0.25, 0.3) is 15.2 Å². The van der Waals surface area contributed by atoms with Gasteiger partial charge in [0.2, 0.25) is 0 Å². The fourth-order valence-corrected chi connectivity index (χ4v) is 3.55. The molecule has 2 rings (SSSR count). The monoisotopic (exact) mass is 316 g/mol. The maximum Gasteiger partial charge on any atom is 0.273 e. The second-order valence-corrected chi connectivity index (χ2v) is 8.02. The Labute approximate surface area is 125 Å². The molecule has 1 saturated carbocycles. The molecule has 1 aromatic rings. The van der Waals surface area contributed by atoms with Gasteiger partial charge in [-0.2, -0.15) is 0 Å². The molecule has 1 heterocycles. The first-order valence-corrected chi connectivity index (χ1v) is 8.76. The molecule has 0 atom stereocenters. The summed E-state index contributed by atoms with van der Waals surface area (Å²) < 4.78 is 30.5. The Morgan fingerprint density at radius 2 is 1.95 bits per heavy atom. The van der Waals surface area contributed by atoms with Gasteiger partial charge in [0.05, 0.1) is 6.10 Å². The summed E-state index contributed by atoms with van der Waals surface area (Å²) in [6.07, 6.45) is 2.98. The van der Waals surface area contributed by atoms with Crippen molar-refractivity contribution in [1.82, 2.24) is 14.8 Å². The molecule has 2 N–H and O–H groups in total. The lowest BCUT2D eigenvalue weighted by Crippen LogP contribution is -2.35. The number of primary sulfonamides is 1. The van der Waals surface area contributed by atoms with E-state index in [-0.39, 0.29) is 5.16 Å². The van der Waals surface area contributed by atoms with E-state index in [1.165, 1.54) is 0 Å². The molecule has 21 heavy (non-hydrogen) atoms. The molecular weight excluding hydrogens is 292 g/mol. The Kier molecular flexibility index (Phi) is 4.41. The van der Waals surface area contributed by atoms with E-state index in [1.54, 1.807) is 4.57 Å². The van der Waals surface area contributed by atoms with E-state index in [0.29, 0.717) is 24.3 Å². The van der Waals surface area contributed by atoms with Gasteiger partial charge >= 0.3 is 0 Å². The van der Waals surface area contributed by atoms with E-state index >= 15 is 0 Å². The van der Waals surface area contributed by atoms with Crippen molar-refractivity contribution >= 4 is 10.0 Å². The minimum Gasteiger partial charge on any atom is -0.378 e. The van der Waals surface area contributed by atoms with Crippen LogP contribution in [0.3, 0.4) is 0 Å². The van der Waals surface area contributed by atoms with Crippen LogP contribution in [0.4, 0.5) is 0 Å². The zero-order valence-corrected chi connectivity index (χ0v) is 13.9. The molecule has 120 valence electrons. The fraction of sp³-hybridized carbons (Fsp3) is 0.846. The SMILES string of the molecule is CCOC1CC(Cc2nnc(S(N)(=O)=O)n2C(C)(C)C)C1. The molecule has 8 heteroatoms. The van der Waals surface area contributed by atoms with Crippen LogP contribution in [0.5, 0.6) is 0 Å². The van der Waals surface area contributed by atoms with Gasteiger partial charge in [0, 0.05) is 18.6 Å². The highest BCUT2D eigenvalue weighted by Gasteiger charge is 2.34.